The number of nitrogens with zero attached hydrogens (tertiary/aromatic N) is 4. The predicted molar refractivity (Wildman–Crippen MR) is 91.4 cm³/mol. The van der Waals surface area contributed by atoms with Crippen LogP contribution in [0.2, 0.25) is 0 Å². The molecule has 0 saturated carbocycles. The maximum atomic E-state index is 12.4. The van der Waals surface area contributed by atoms with Crippen molar-refractivity contribution in [2.45, 2.75) is 12.8 Å². The van der Waals surface area contributed by atoms with Crippen molar-refractivity contribution in [3.05, 3.63) is 66.7 Å². The quantitative estimate of drug-likeness (QED) is 0.741. The van der Waals surface area contributed by atoms with Gasteiger partial charge in [0.15, 0.2) is 0 Å². The lowest BCUT2D eigenvalue weighted by Gasteiger charge is -2.12. The molecule has 0 aliphatic carbocycles. The lowest BCUT2D eigenvalue weighted by molar-refractivity contribution is 0.595. The first-order valence-electron chi connectivity index (χ1n) is 7.41. The number of aromatic nitrogens is 4. The van der Waals surface area contributed by atoms with Crippen LogP contribution in [0.3, 0.4) is 0 Å². The number of hydrogen-bond donors (Lipinski definition) is 1. The summed E-state index contributed by atoms with van der Waals surface area (Å²) in [5, 5.41) is 4.07. The molecule has 24 heavy (non-hydrogen) atoms. The third kappa shape index (κ3) is 3.96. The molecule has 1 atom stereocenters. The van der Waals surface area contributed by atoms with Gasteiger partial charge in [0.25, 0.3) is 0 Å². The minimum absolute atomic E-state index is 0.00989. The Morgan fingerprint density at radius 3 is 2.54 bits per heavy atom. The first-order chi connectivity index (χ1) is 11.5. The van der Waals surface area contributed by atoms with E-state index in [4.69, 9.17) is 0 Å². The van der Waals surface area contributed by atoms with Crippen molar-refractivity contribution in [3.8, 4) is 5.95 Å². The summed E-state index contributed by atoms with van der Waals surface area (Å²) < 4.78 is 28.7. The van der Waals surface area contributed by atoms with Gasteiger partial charge in [-0.15, -0.1) is 0 Å². The molecule has 0 amide bonds. The Morgan fingerprint density at radius 2 is 1.83 bits per heavy atom. The van der Waals surface area contributed by atoms with Gasteiger partial charge in [-0.25, -0.2) is 23.1 Å². The van der Waals surface area contributed by atoms with Crippen molar-refractivity contribution in [3.63, 3.8) is 0 Å². The van der Waals surface area contributed by atoms with Gasteiger partial charge in [-0.3, -0.25) is 4.72 Å². The summed E-state index contributed by atoms with van der Waals surface area (Å²) in [5.41, 5.74) is 1.36. The summed E-state index contributed by atoms with van der Waals surface area (Å²) in [6.07, 6.45) is 6.16. The average molecular weight is 343 g/mol. The second-order valence-corrected chi connectivity index (χ2v) is 7.18. The van der Waals surface area contributed by atoms with E-state index in [1.807, 2.05) is 37.3 Å². The molecule has 0 fully saturated rings. The van der Waals surface area contributed by atoms with Crippen LogP contribution in [0.4, 0.5) is 5.69 Å². The molecule has 0 aliphatic heterocycles. The number of benzene rings is 1. The fourth-order valence-electron chi connectivity index (χ4n) is 2.32. The highest BCUT2D eigenvalue weighted by molar-refractivity contribution is 7.92. The van der Waals surface area contributed by atoms with Gasteiger partial charge in [0, 0.05) is 12.4 Å². The molecular formula is C16H17N5O2S. The summed E-state index contributed by atoms with van der Waals surface area (Å²) in [6.45, 7) is 1.88. The number of nitrogens with one attached hydrogen (secondary N) is 1. The molecule has 0 bridgehead atoms. The zero-order valence-electron chi connectivity index (χ0n) is 13.1. The summed E-state index contributed by atoms with van der Waals surface area (Å²) in [5.74, 6) is 0.251. The molecule has 1 unspecified atom stereocenters. The van der Waals surface area contributed by atoms with E-state index in [0.717, 1.165) is 5.56 Å². The Morgan fingerprint density at radius 1 is 1.12 bits per heavy atom. The molecule has 2 aromatic heterocycles. The minimum Gasteiger partial charge on any atom is -0.280 e. The Hall–Kier alpha value is -2.74. The van der Waals surface area contributed by atoms with E-state index in [2.05, 4.69) is 19.8 Å². The van der Waals surface area contributed by atoms with Crippen LogP contribution in [0.5, 0.6) is 0 Å². The summed E-state index contributed by atoms with van der Waals surface area (Å²) >= 11 is 0. The second-order valence-electron chi connectivity index (χ2n) is 5.42. The molecule has 0 radical (unpaired) electrons. The summed E-state index contributed by atoms with van der Waals surface area (Å²) in [4.78, 5) is 8.12. The highest BCUT2D eigenvalue weighted by Crippen LogP contribution is 2.18. The van der Waals surface area contributed by atoms with Gasteiger partial charge in [0.2, 0.25) is 16.0 Å². The lowest BCUT2D eigenvalue weighted by atomic mass is 10.0. The zero-order valence-corrected chi connectivity index (χ0v) is 13.9. The van der Waals surface area contributed by atoms with Crippen molar-refractivity contribution in [1.82, 2.24) is 19.7 Å². The molecule has 7 nitrogen and oxygen atoms in total. The maximum Gasteiger partial charge on any atom is 0.250 e. The molecule has 0 aliphatic rings. The van der Waals surface area contributed by atoms with Crippen LogP contribution in [0, 0.1) is 0 Å². The van der Waals surface area contributed by atoms with Crippen LogP contribution >= 0.6 is 0 Å². The van der Waals surface area contributed by atoms with Crippen LogP contribution < -0.4 is 4.72 Å². The highest BCUT2D eigenvalue weighted by atomic mass is 32.2. The zero-order chi connectivity index (χ0) is 17.0. The largest absolute Gasteiger partial charge is 0.280 e. The van der Waals surface area contributed by atoms with Gasteiger partial charge in [-0.2, -0.15) is 5.10 Å². The van der Waals surface area contributed by atoms with Crippen molar-refractivity contribution in [1.29, 1.82) is 0 Å². The monoisotopic (exact) mass is 343 g/mol. The van der Waals surface area contributed by atoms with E-state index in [1.165, 1.54) is 10.9 Å². The Kier molecular flexibility index (Phi) is 4.57. The first-order valence-corrected chi connectivity index (χ1v) is 9.06. The Bertz CT molecular complexity index is 894. The van der Waals surface area contributed by atoms with Crippen LogP contribution in [-0.2, 0) is 10.0 Å². The van der Waals surface area contributed by atoms with E-state index in [9.17, 15) is 8.42 Å². The summed E-state index contributed by atoms with van der Waals surface area (Å²) in [7, 11) is -3.50. The normalized spacial score (nSPS) is 12.7. The van der Waals surface area contributed by atoms with E-state index in [-0.39, 0.29) is 11.7 Å². The molecule has 2 heterocycles. The van der Waals surface area contributed by atoms with Gasteiger partial charge in [-0.05, 0) is 17.5 Å². The SMILES string of the molecule is CC(CS(=O)(=O)Nc1cnn(-c2ncccn2)c1)c1ccccc1. The fraction of sp³-hybridized carbons (Fsp3) is 0.188. The van der Waals surface area contributed by atoms with Gasteiger partial charge in [0.1, 0.15) is 0 Å². The molecule has 1 N–H and O–H groups in total. The van der Waals surface area contributed by atoms with Gasteiger partial charge < -0.3 is 0 Å². The van der Waals surface area contributed by atoms with Crippen molar-refractivity contribution in [2.24, 2.45) is 0 Å². The van der Waals surface area contributed by atoms with Crippen LogP contribution in [0.25, 0.3) is 5.95 Å². The van der Waals surface area contributed by atoms with Crippen LogP contribution in [0.15, 0.2) is 61.2 Å². The number of rotatable bonds is 6. The number of sulfonamides is 1. The molecule has 8 heteroatoms. The lowest BCUT2D eigenvalue weighted by Crippen LogP contribution is -2.20. The predicted octanol–water partition coefficient (Wildman–Crippen LogP) is 2.21. The topological polar surface area (TPSA) is 89.8 Å². The highest BCUT2D eigenvalue weighted by Gasteiger charge is 2.18. The van der Waals surface area contributed by atoms with Gasteiger partial charge in [0.05, 0.1) is 23.8 Å². The van der Waals surface area contributed by atoms with Gasteiger partial charge in [-0.1, -0.05) is 37.3 Å². The molecule has 3 rings (SSSR count). The van der Waals surface area contributed by atoms with Crippen molar-refractivity contribution >= 4 is 15.7 Å². The maximum absolute atomic E-state index is 12.4. The van der Waals surface area contributed by atoms with Crippen molar-refractivity contribution in [2.75, 3.05) is 10.5 Å². The third-order valence-corrected chi connectivity index (χ3v) is 4.94. The molecule has 1 aromatic carbocycles. The third-order valence-electron chi connectivity index (χ3n) is 3.45. The van der Waals surface area contributed by atoms with Crippen molar-refractivity contribution < 1.29 is 8.42 Å². The van der Waals surface area contributed by atoms with E-state index >= 15 is 0 Å². The smallest absolute Gasteiger partial charge is 0.250 e. The van der Waals surface area contributed by atoms with E-state index < -0.39 is 10.0 Å². The molecule has 124 valence electrons. The first kappa shape index (κ1) is 16.1. The molecular weight excluding hydrogens is 326 g/mol. The molecule has 0 saturated heterocycles. The standard InChI is InChI=1S/C16H17N5O2S/c1-13(14-6-3-2-4-7-14)12-24(22,23)20-15-10-19-21(11-15)16-17-8-5-9-18-16/h2-11,13,20H,12H2,1H3. The molecule has 3 aromatic rings. The van der Waals surface area contributed by atoms with Gasteiger partial charge >= 0.3 is 0 Å². The average Bonchev–Trinajstić information content (AvgIpc) is 3.03. The Labute approximate surface area is 140 Å². The van der Waals surface area contributed by atoms with E-state index in [0.29, 0.717) is 11.6 Å². The van der Waals surface area contributed by atoms with Crippen LogP contribution in [0.1, 0.15) is 18.4 Å². The summed E-state index contributed by atoms with van der Waals surface area (Å²) in [6, 6.07) is 11.2. The number of hydrogen-bond acceptors (Lipinski definition) is 5. The second kappa shape index (κ2) is 6.79. The minimum atomic E-state index is -3.50. The van der Waals surface area contributed by atoms with E-state index in [1.54, 1.807) is 24.7 Å². The van der Waals surface area contributed by atoms with Crippen LogP contribution in [-0.4, -0.2) is 33.9 Å². The molecule has 0 spiro atoms. The number of anilines is 1. The fourth-order valence-corrected chi connectivity index (χ4v) is 3.72. The Balaban J connectivity index is 1.70.